The maximum atomic E-state index is 13.5. The summed E-state index contributed by atoms with van der Waals surface area (Å²) in [6.45, 7) is 2.01. The minimum atomic E-state index is -0.619. The zero-order valence-electron chi connectivity index (χ0n) is 11.7. The summed E-state index contributed by atoms with van der Waals surface area (Å²) in [5, 5.41) is 12.5. The molecule has 3 nitrogen and oxygen atoms in total. The highest BCUT2D eigenvalue weighted by Crippen LogP contribution is 2.33. The van der Waals surface area contributed by atoms with Crippen molar-refractivity contribution in [3.8, 4) is 17.6 Å². The average Bonchev–Trinajstić information content (AvgIpc) is 2.48. The van der Waals surface area contributed by atoms with Gasteiger partial charge in [0.2, 0.25) is 0 Å². The molecule has 0 spiro atoms. The molecule has 108 valence electrons. The van der Waals surface area contributed by atoms with Crippen LogP contribution in [0.3, 0.4) is 0 Å². The van der Waals surface area contributed by atoms with Crippen molar-refractivity contribution in [1.82, 2.24) is 5.32 Å². The van der Waals surface area contributed by atoms with E-state index in [4.69, 9.17) is 21.6 Å². The van der Waals surface area contributed by atoms with Crippen LogP contribution in [0.2, 0.25) is 5.02 Å². The quantitative estimate of drug-likeness (QED) is 0.909. The van der Waals surface area contributed by atoms with Crippen LogP contribution in [0.1, 0.15) is 24.1 Å². The maximum absolute atomic E-state index is 13.5. The molecule has 1 N–H and O–H groups in total. The molecule has 1 unspecified atom stereocenters. The Morgan fingerprint density at radius 2 is 2.05 bits per heavy atom. The molecule has 0 fully saturated rings. The fourth-order valence-corrected chi connectivity index (χ4v) is 2.08. The van der Waals surface area contributed by atoms with Crippen molar-refractivity contribution in [1.29, 1.82) is 5.26 Å². The van der Waals surface area contributed by atoms with E-state index in [0.29, 0.717) is 10.8 Å². The van der Waals surface area contributed by atoms with Crippen molar-refractivity contribution < 1.29 is 9.13 Å². The van der Waals surface area contributed by atoms with E-state index < -0.39 is 5.82 Å². The van der Waals surface area contributed by atoms with Gasteiger partial charge in [-0.1, -0.05) is 23.7 Å². The first kappa shape index (κ1) is 15.3. The van der Waals surface area contributed by atoms with Crippen LogP contribution in [0, 0.1) is 17.1 Å². The Labute approximate surface area is 127 Å². The highest BCUT2D eigenvalue weighted by Gasteiger charge is 2.13. The number of hydrogen-bond donors (Lipinski definition) is 1. The molecule has 0 heterocycles. The van der Waals surface area contributed by atoms with Crippen LogP contribution in [-0.4, -0.2) is 7.05 Å². The summed E-state index contributed by atoms with van der Waals surface area (Å²) in [6, 6.07) is 11.5. The van der Waals surface area contributed by atoms with Crippen LogP contribution in [0.4, 0.5) is 4.39 Å². The normalized spacial score (nSPS) is 11.8. The third kappa shape index (κ3) is 3.33. The Kier molecular flexibility index (Phi) is 4.79. The van der Waals surface area contributed by atoms with Gasteiger partial charge in [0.05, 0.1) is 5.02 Å². The van der Waals surface area contributed by atoms with Crippen molar-refractivity contribution in [2.45, 2.75) is 13.0 Å². The Bertz CT molecular complexity index is 697. The van der Waals surface area contributed by atoms with Gasteiger partial charge in [-0.05, 0) is 43.8 Å². The zero-order chi connectivity index (χ0) is 15.4. The number of ether oxygens (including phenoxy) is 1. The molecule has 1 atom stereocenters. The van der Waals surface area contributed by atoms with Gasteiger partial charge in [0.1, 0.15) is 28.9 Å². The van der Waals surface area contributed by atoms with E-state index in [1.165, 1.54) is 18.2 Å². The second kappa shape index (κ2) is 6.57. The number of nitrogens with zero attached hydrogens (tertiary/aromatic N) is 1. The topological polar surface area (TPSA) is 45.0 Å². The van der Waals surface area contributed by atoms with Gasteiger partial charge in [-0.25, -0.2) is 4.39 Å². The summed E-state index contributed by atoms with van der Waals surface area (Å²) in [6.07, 6.45) is 0. The lowest BCUT2D eigenvalue weighted by atomic mass is 10.1. The lowest BCUT2D eigenvalue weighted by Crippen LogP contribution is -2.12. The number of rotatable bonds is 4. The van der Waals surface area contributed by atoms with E-state index in [0.717, 1.165) is 5.56 Å². The van der Waals surface area contributed by atoms with Gasteiger partial charge < -0.3 is 10.1 Å². The van der Waals surface area contributed by atoms with Gasteiger partial charge in [0.25, 0.3) is 0 Å². The van der Waals surface area contributed by atoms with E-state index in [1.807, 2.05) is 20.0 Å². The van der Waals surface area contributed by atoms with Gasteiger partial charge in [0.15, 0.2) is 0 Å². The molecule has 0 saturated carbocycles. The summed E-state index contributed by atoms with van der Waals surface area (Å²) in [7, 11) is 1.86. The van der Waals surface area contributed by atoms with Crippen LogP contribution in [-0.2, 0) is 0 Å². The molecule has 0 amide bonds. The second-order valence-corrected chi connectivity index (χ2v) is 4.93. The van der Waals surface area contributed by atoms with Crippen molar-refractivity contribution in [2.24, 2.45) is 0 Å². The smallest absolute Gasteiger partial charge is 0.148 e. The Morgan fingerprint density at radius 3 is 2.67 bits per heavy atom. The van der Waals surface area contributed by atoms with E-state index in [-0.39, 0.29) is 17.4 Å². The van der Waals surface area contributed by atoms with Crippen molar-refractivity contribution in [2.75, 3.05) is 7.05 Å². The molecule has 21 heavy (non-hydrogen) atoms. The monoisotopic (exact) mass is 304 g/mol. The Hall–Kier alpha value is -2.09. The Balaban J connectivity index is 2.33. The summed E-state index contributed by atoms with van der Waals surface area (Å²) >= 11 is 6.19. The summed E-state index contributed by atoms with van der Waals surface area (Å²) < 4.78 is 19.1. The molecule has 2 aromatic carbocycles. The van der Waals surface area contributed by atoms with Crippen LogP contribution >= 0.6 is 11.6 Å². The molecule has 2 aromatic rings. The summed E-state index contributed by atoms with van der Waals surface area (Å²) in [4.78, 5) is 0. The minimum Gasteiger partial charge on any atom is -0.454 e. The molecule has 0 aliphatic carbocycles. The van der Waals surface area contributed by atoms with Crippen LogP contribution in [0.5, 0.6) is 11.5 Å². The van der Waals surface area contributed by atoms with Crippen molar-refractivity contribution in [3.05, 3.63) is 58.4 Å². The molecule has 0 aliphatic rings. The van der Waals surface area contributed by atoms with E-state index >= 15 is 0 Å². The lowest BCUT2D eigenvalue weighted by molar-refractivity contribution is 0.474. The number of nitriles is 1. The molecule has 5 heteroatoms. The minimum absolute atomic E-state index is 0.138. The highest BCUT2D eigenvalue weighted by atomic mass is 35.5. The van der Waals surface area contributed by atoms with E-state index in [2.05, 4.69) is 5.32 Å². The molecular weight excluding hydrogens is 291 g/mol. The van der Waals surface area contributed by atoms with Gasteiger partial charge in [-0.15, -0.1) is 0 Å². The van der Waals surface area contributed by atoms with Gasteiger partial charge >= 0.3 is 0 Å². The first-order valence-electron chi connectivity index (χ1n) is 6.40. The van der Waals surface area contributed by atoms with Crippen molar-refractivity contribution in [3.63, 3.8) is 0 Å². The maximum Gasteiger partial charge on any atom is 0.148 e. The molecule has 0 bridgehead atoms. The molecular formula is C16H14ClFN2O. The predicted molar refractivity (Wildman–Crippen MR) is 80.1 cm³/mol. The van der Waals surface area contributed by atoms with Crippen molar-refractivity contribution >= 4 is 11.6 Å². The first-order chi connectivity index (χ1) is 10.1. The third-order valence-corrected chi connectivity index (χ3v) is 3.49. The van der Waals surface area contributed by atoms with Crippen LogP contribution in [0.25, 0.3) is 0 Å². The second-order valence-electron chi connectivity index (χ2n) is 4.53. The number of benzene rings is 2. The Morgan fingerprint density at radius 1 is 1.29 bits per heavy atom. The van der Waals surface area contributed by atoms with Crippen LogP contribution < -0.4 is 10.1 Å². The number of halogens is 2. The molecule has 0 aromatic heterocycles. The summed E-state index contributed by atoms with van der Waals surface area (Å²) in [5.41, 5.74) is 0.871. The highest BCUT2D eigenvalue weighted by molar-refractivity contribution is 6.32. The average molecular weight is 305 g/mol. The van der Waals surface area contributed by atoms with Gasteiger partial charge in [-0.3, -0.25) is 0 Å². The zero-order valence-corrected chi connectivity index (χ0v) is 12.4. The molecule has 0 aliphatic heterocycles. The van der Waals surface area contributed by atoms with Gasteiger partial charge in [0, 0.05) is 6.04 Å². The first-order valence-corrected chi connectivity index (χ1v) is 6.77. The van der Waals surface area contributed by atoms with Crippen LogP contribution in [0.15, 0.2) is 36.4 Å². The molecule has 2 rings (SSSR count). The summed E-state index contributed by atoms with van der Waals surface area (Å²) in [5.74, 6) is -0.0915. The third-order valence-electron chi connectivity index (χ3n) is 3.20. The van der Waals surface area contributed by atoms with E-state index in [1.54, 1.807) is 18.2 Å². The fraction of sp³-hybridized carbons (Fsp3) is 0.188. The molecule has 0 radical (unpaired) electrons. The molecule has 0 saturated heterocycles. The largest absolute Gasteiger partial charge is 0.454 e. The van der Waals surface area contributed by atoms with E-state index in [9.17, 15) is 4.39 Å². The standard InChI is InChI=1S/C16H14ClFN2O/c1-10(20-2)11-6-7-16(13(17)8-11)21-15-5-3-4-14(18)12(15)9-19/h3-8,10,20H,1-2H3. The number of hydrogen-bond acceptors (Lipinski definition) is 3. The fourth-order valence-electron chi connectivity index (χ4n) is 1.85. The lowest BCUT2D eigenvalue weighted by Gasteiger charge is -2.14. The SMILES string of the molecule is CNC(C)c1ccc(Oc2cccc(F)c2C#N)c(Cl)c1. The predicted octanol–water partition coefficient (Wildman–Crippen LogP) is 4.42. The van der Waals surface area contributed by atoms with Gasteiger partial charge in [-0.2, -0.15) is 5.26 Å². The number of nitrogens with one attached hydrogen (secondary N) is 1.